The van der Waals surface area contributed by atoms with Gasteiger partial charge in [0, 0.05) is 11.5 Å². The summed E-state index contributed by atoms with van der Waals surface area (Å²) in [5.41, 5.74) is 0.795. The van der Waals surface area contributed by atoms with Gasteiger partial charge in [-0.2, -0.15) is 0 Å². The summed E-state index contributed by atoms with van der Waals surface area (Å²) in [5, 5.41) is 0. The number of nitrogens with zero attached hydrogens (tertiary/aromatic N) is 2. The fraction of sp³-hybridized carbons (Fsp3) is 0.444. The second-order valence-electron chi connectivity index (χ2n) is 3.01. The zero-order valence-corrected chi connectivity index (χ0v) is 9.55. The van der Waals surface area contributed by atoms with E-state index < -0.39 is 6.43 Å². The zero-order chi connectivity index (χ0) is 10.7. The van der Waals surface area contributed by atoms with Crippen molar-refractivity contribution in [3.63, 3.8) is 0 Å². The van der Waals surface area contributed by atoms with Crippen LogP contribution in [0.1, 0.15) is 5.69 Å². The van der Waals surface area contributed by atoms with Crippen molar-refractivity contribution in [3.8, 4) is 0 Å². The topological polar surface area (TPSA) is 16.1 Å². The molecule has 0 aliphatic carbocycles. The highest BCUT2D eigenvalue weighted by Gasteiger charge is 2.10. The molecule has 1 aromatic heterocycles. The Morgan fingerprint density at radius 3 is 2.64 bits per heavy atom. The molecule has 0 N–H and O–H groups in total. The Hall–Kier alpha value is -0.710. The number of aryl methyl sites for hydroxylation is 1. The van der Waals surface area contributed by atoms with Crippen LogP contribution in [0, 0.1) is 6.92 Å². The van der Waals surface area contributed by atoms with Crippen molar-refractivity contribution >= 4 is 21.7 Å². The lowest BCUT2D eigenvalue weighted by Gasteiger charge is -2.17. The minimum atomic E-state index is -2.34. The van der Waals surface area contributed by atoms with Gasteiger partial charge in [0.1, 0.15) is 5.82 Å². The molecule has 1 aromatic rings. The number of alkyl halides is 2. The second kappa shape index (κ2) is 4.68. The molecule has 0 unspecified atom stereocenters. The van der Waals surface area contributed by atoms with Gasteiger partial charge in [-0.3, -0.25) is 0 Å². The summed E-state index contributed by atoms with van der Waals surface area (Å²) in [6.07, 6.45) is -2.34. The molecule has 0 aliphatic heterocycles. The third-order valence-corrected chi connectivity index (χ3v) is 2.65. The van der Waals surface area contributed by atoms with E-state index in [0.29, 0.717) is 5.82 Å². The Balaban J connectivity index is 2.80. The van der Waals surface area contributed by atoms with Crippen molar-refractivity contribution in [2.45, 2.75) is 13.3 Å². The van der Waals surface area contributed by atoms with Crippen molar-refractivity contribution in [3.05, 3.63) is 22.3 Å². The first-order valence-electron chi connectivity index (χ1n) is 4.13. The van der Waals surface area contributed by atoms with Crippen LogP contribution in [0.2, 0.25) is 0 Å². The fourth-order valence-corrected chi connectivity index (χ4v) is 1.26. The van der Waals surface area contributed by atoms with E-state index in [-0.39, 0.29) is 6.54 Å². The number of hydrogen-bond donors (Lipinski definition) is 0. The first kappa shape index (κ1) is 11.4. The molecular weight excluding hydrogens is 254 g/mol. The van der Waals surface area contributed by atoms with Crippen LogP contribution in [0.3, 0.4) is 0 Å². The molecule has 0 aromatic carbocycles. The highest BCUT2D eigenvalue weighted by molar-refractivity contribution is 9.10. The van der Waals surface area contributed by atoms with E-state index in [2.05, 4.69) is 20.9 Å². The molecule has 0 radical (unpaired) electrons. The van der Waals surface area contributed by atoms with Gasteiger partial charge < -0.3 is 4.90 Å². The van der Waals surface area contributed by atoms with Gasteiger partial charge in [0.25, 0.3) is 6.43 Å². The van der Waals surface area contributed by atoms with Crippen LogP contribution in [-0.2, 0) is 0 Å². The number of aromatic nitrogens is 1. The van der Waals surface area contributed by atoms with E-state index in [1.54, 1.807) is 19.2 Å². The van der Waals surface area contributed by atoms with Gasteiger partial charge in [0.15, 0.2) is 0 Å². The van der Waals surface area contributed by atoms with Crippen LogP contribution in [-0.4, -0.2) is 25.0 Å². The number of halogens is 3. The number of hydrogen-bond acceptors (Lipinski definition) is 2. The van der Waals surface area contributed by atoms with Crippen LogP contribution in [0.15, 0.2) is 16.6 Å². The predicted molar refractivity (Wildman–Crippen MR) is 55.9 cm³/mol. The molecule has 14 heavy (non-hydrogen) atoms. The van der Waals surface area contributed by atoms with Gasteiger partial charge in [0.05, 0.1) is 12.2 Å². The standard InChI is InChI=1S/C9H11BrF2N2/c1-6-7(10)3-4-9(13-6)14(2)5-8(11)12/h3-4,8H,5H2,1-2H3. The van der Waals surface area contributed by atoms with Crippen LogP contribution in [0.25, 0.3) is 0 Å². The predicted octanol–water partition coefficient (Wildman–Crippen LogP) is 2.85. The Labute approximate surface area is 90.1 Å². The van der Waals surface area contributed by atoms with E-state index >= 15 is 0 Å². The molecule has 0 saturated heterocycles. The minimum absolute atomic E-state index is 0.298. The summed E-state index contributed by atoms with van der Waals surface area (Å²) in [6.45, 7) is 1.53. The quantitative estimate of drug-likeness (QED) is 0.835. The van der Waals surface area contributed by atoms with Gasteiger partial charge in [-0.25, -0.2) is 13.8 Å². The largest absolute Gasteiger partial charge is 0.354 e. The first-order chi connectivity index (χ1) is 6.50. The van der Waals surface area contributed by atoms with Gasteiger partial charge >= 0.3 is 0 Å². The molecule has 0 amide bonds. The molecule has 78 valence electrons. The van der Waals surface area contributed by atoms with Crippen LogP contribution in [0.5, 0.6) is 0 Å². The number of pyridine rings is 1. The SMILES string of the molecule is Cc1nc(N(C)CC(F)F)ccc1Br. The normalized spacial score (nSPS) is 10.7. The van der Waals surface area contributed by atoms with Crippen LogP contribution >= 0.6 is 15.9 Å². The summed E-state index contributed by atoms with van der Waals surface area (Å²) >= 11 is 3.30. The van der Waals surface area contributed by atoms with Gasteiger partial charge in [-0.1, -0.05) is 0 Å². The third-order valence-electron chi connectivity index (χ3n) is 1.81. The Morgan fingerprint density at radius 2 is 2.14 bits per heavy atom. The van der Waals surface area contributed by atoms with Crippen LogP contribution in [0.4, 0.5) is 14.6 Å². The average molecular weight is 265 g/mol. The summed E-state index contributed by atoms with van der Waals surface area (Å²) in [7, 11) is 1.60. The molecule has 0 fully saturated rings. The maximum Gasteiger partial charge on any atom is 0.255 e. The van der Waals surface area contributed by atoms with Crippen molar-refractivity contribution in [2.75, 3.05) is 18.5 Å². The minimum Gasteiger partial charge on any atom is -0.354 e. The molecule has 0 bridgehead atoms. The Morgan fingerprint density at radius 1 is 1.50 bits per heavy atom. The summed E-state index contributed by atoms with van der Waals surface area (Å²) in [6, 6.07) is 3.51. The number of rotatable bonds is 3. The molecule has 0 atom stereocenters. The highest BCUT2D eigenvalue weighted by atomic mass is 79.9. The molecule has 1 rings (SSSR count). The molecule has 0 aliphatic rings. The van der Waals surface area contributed by atoms with E-state index in [1.807, 2.05) is 6.92 Å². The molecule has 0 spiro atoms. The lowest BCUT2D eigenvalue weighted by molar-refractivity contribution is 0.156. The maximum absolute atomic E-state index is 12.1. The van der Waals surface area contributed by atoms with Gasteiger partial charge in [0.2, 0.25) is 0 Å². The monoisotopic (exact) mass is 264 g/mol. The van der Waals surface area contributed by atoms with Crippen molar-refractivity contribution in [1.29, 1.82) is 0 Å². The summed E-state index contributed by atoms with van der Waals surface area (Å²) in [5.74, 6) is 0.561. The Kier molecular flexibility index (Phi) is 3.80. The molecule has 0 saturated carbocycles. The Bertz CT molecular complexity index is 318. The van der Waals surface area contributed by atoms with E-state index in [1.165, 1.54) is 4.90 Å². The van der Waals surface area contributed by atoms with Crippen molar-refractivity contribution < 1.29 is 8.78 Å². The maximum atomic E-state index is 12.1. The van der Waals surface area contributed by atoms with E-state index in [9.17, 15) is 8.78 Å². The zero-order valence-electron chi connectivity index (χ0n) is 7.97. The van der Waals surface area contributed by atoms with Crippen molar-refractivity contribution in [2.24, 2.45) is 0 Å². The molecule has 5 heteroatoms. The lowest BCUT2D eigenvalue weighted by atomic mass is 10.3. The smallest absolute Gasteiger partial charge is 0.255 e. The summed E-state index contributed by atoms with van der Waals surface area (Å²) in [4.78, 5) is 5.61. The number of anilines is 1. The molecular formula is C9H11BrF2N2. The van der Waals surface area contributed by atoms with Gasteiger partial charge in [-0.15, -0.1) is 0 Å². The third kappa shape index (κ3) is 2.90. The fourth-order valence-electron chi connectivity index (χ4n) is 1.04. The summed E-state index contributed by atoms with van der Waals surface area (Å²) < 4.78 is 25.0. The molecule has 1 heterocycles. The van der Waals surface area contributed by atoms with E-state index in [4.69, 9.17) is 0 Å². The van der Waals surface area contributed by atoms with Crippen LogP contribution < -0.4 is 4.90 Å². The van der Waals surface area contributed by atoms with E-state index in [0.717, 1.165) is 10.2 Å². The first-order valence-corrected chi connectivity index (χ1v) is 4.92. The highest BCUT2D eigenvalue weighted by Crippen LogP contribution is 2.18. The van der Waals surface area contributed by atoms with Gasteiger partial charge in [-0.05, 0) is 35.0 Å². The van der Waals surface area contributed by atoms with Crippen molar-refractivity contribution in [1.82, 2.24) is 4.98 Å². The average Bonchev–Trinajstić information content (AvgIpc) is 2.08. The second-order valence-corrected chi connectivity index (χ2v) is 3.86. The lowest BCUT2D eigenvalue weighted by Crippen LogP contribution is -2.24. The molecule has 2 nitrogen and oxygen atoms in total.